The Kier molecular flexibility index (Phi) is 9.60. The van der Waals surface area contributed by atoms with Crippen LogP contribution in [-0.2, 0) is 0 Å². The predicted octanol–water partition coefficient (Wildman–Crippen LogP) is 5.64. The molecule has 0 aromatic heterocycles. The molecule has 1 rings (SSSR count). The standard InChI is InChI=1S/C19H31NO/c1-4-6-7-8-9-10-15-20-16-18-11-13-19(14-12-18)21-17(3)5-2/h11-14,16-17H,4-10,15H2,1-3H3/b20-16-. The first kappa shape index (κ1) is 17.7. The molecule has 0 N–H and O–H groups in total. The molecule has 0 radical (unpaired) electrons. The van der Waals surface area contributed by atoms with E-state index in [1.54, 1.807) is 0 Å². The normalized spacial score (nSPS) is 12.7. The SMILES string of the molecule is CCCCCCCC/N=C\c1ccc(OC(C)CC)cc1. The first-order valence-corrected chi connectivity index (χ1v) is 8.52. The van der Waals surface area contributed by atoms with Gasteiger partial charge < -0.3 is 4.74 Å². The van der Waals surface area contributed by atoms with E-state index in [0.29, 0.717) is 0 Å². The Morgan fingerprint density at radius 2 is 1.67 bits per heavy atom. The minimum atomic E-state index is 0.275. The Balaban J connectivity index is 2.20. The smallest absolute Gasteiger partial charge is 0.119 e. The third kappa shape index (κ3) is 8.54. The van der Waals surface area contributed by atoms with Crippen LogP contribution in [0.5, 0.6) is 5.75 Å². The molecule has 1 aromatic carbocycles. The van der Waals surface area contributed by atoms with Gasteiger partial charge in [-0.1, -0.05) is 46.0 Å². The van der Waals surface area contributed by atoms with Gasteiger partial charge in [-0.3, -0.25) is 4.99 Å². The molecular weight excluding hydrogens is 258 g/mol. The lowest BCUT2D eigenvalue weighted by atomic mass is 10.1. The zero-order chi connectivity index (χ0) is 15.3. The maximum Gasteiger partial charge on any atom is 0.119 e. The van der Waals surface area contributed by atoms with Crippen LogP contribution in [0.15, 0.2) is 29.3 Å². The van der Waals surface area contributed by atoms with Gasteiger partial charge in [0.1, 0.15) is 5.75 Å². The van der Waals surface area contributed by atoms with Gasteiger partial charge in [0, 0.05) is 12.8 Å². The molecule has 0 bridgehead atoms. The van der Waals surface area contributed by atoms with E-state index in [4.69, 9.17) is 4.74 Å². The van der Waals surface area contributed by atoms with Crippen molar-refractivity contribution in [3.63, 3.8) is 0 Å². The number of rotatable bonds is 11. The summed E-state index contributed by atoms with van der Waals surface area (Å²) >= 11 is 0. The van der Waals surface area contributed by atoms with Gasteiger partial charge in [-0.2, -0.15) is 0 Å². The van der Waals surface area contributed by atoms with Crippen LogP contribution in [0.4, 0.5) is 0 Å². The molecule has 0 aliphatic carbocycles. The van der Waals surface area contributed by atoms with Gasteiger partial charge in [0.05, 0.1) is 6.10 Å². The van der Waals surface area contributed by atoms with Gasteiger partial charge in [-0.25, -0.2) is 0 Å². The van der Waals surface area contributed by atoms with Crippen LogP contribution in [-0.4, -0.2) is 18.9 Å². The van der Waals surface area contributed by atoms with E-state index in [2.05, 4.69) is 37.9 Å². The predicted molar refractivity (Wildman–Crippen MR) is 92.7 cm³/mol. The average molecular weight is 289 g/mol. The molecule has 0 heterocycles. The Bertz CT molecular complexity index is 383. The van der Waals surface area contributed by atoms with Gasteiger partial charge in [0.25, 0.3) is 0 Å². The Labute approximate surface area is 130 Å². The van der Waals surface area contributed by atoms with Crippen molar-refractivity contribution in [2.45, 2.75) is 71.8 Å². The molecule has 0 saturated carbocycles. The van der Waals surface area contributed by atoms with Gasteiger partial charge >= 0.3 is 0 Å². The van der Waals surface area contributed by atoms with Crippen LogP contribution in [0, 0.1) is 0 Å². The fraction of sp³-hybridized carbons (Fsp3) is 0.632. The fourth-order valence-corrected chi connectivity index (χ4v) is 2.10. The third-order valence-corrected chi connectivity index (χ3v) is 3.67. The van der Waals surface area contributed by atoms with Crippen LogP contribution < -0.4 is 4.74 Å². The maximum atomic E-state index is 5.76. The number of ether oxygens (including phenoxy) is 1. The molecule has 118 valence electrons. The Morgan fingerprint density at radius 1 is 1.00 bits per heavy atom. The largest absolute Gasteiger partial charge is 0.491 e. The molecule has 0 spiro atoms. The summed E-state index contributed by atoms with van der Waals surface area (Å²) in [6.45, 7) is 7.42. The zero-order valence-electron chi connectivity index (χ0n) is 14.0. The highest BCUT2D eigenvalue weighted by Gasteiger charge is 2.00. The minimum absolute atomic E-state index is 0.275. The Morgan fingerprint density at radius 3 is 2.33 bits per heavy atom. The average Bonchev–Trinajstić information content (AvgIpc) is 2.51. The molecule has 0 amide bonds. The molecule has 0 fully saturated rings. The number of unbranched alkanes of at least 4 members (excludes halogenated alkanes) is 5. The first-order valence-electron chi connectivity index (χ1n) is 8.52. The summed E-state index contributed by atoms with van der Waals surface area (Å²) < 4.78 is 5.76. The number of benzene rings is 1. The van der Waals surface area contributed by atoms with Crippen LogP contribution >= 0.6 is 0 Å². The quantitative estimate of drug-likeness (QED) is 0.381. The van der Waals surface area contributed by atoms with E-state index in [-0.39, 0.29) is 6.10 Å². The van der Waals surface area contributed by atoms with Crippen LogP contribution in [0.3, 0.4) is 0 Å². The molecule has 2 nitrogen and oxygen atoms in total. The summed E-state index contributed by atoms with van der Waals surface area (Å²) in [7, 11) is 0. The van der Waals surface area contributed by atoms with E-state index in [0.717, 1.165) is 24.3 Å². The zero-order valence-corrected chi connectivity index (χ0v) is 14.0. The molecule has 1 aromatic rings. The third-order valence-electron chi connectivity index (χ3n) is 3.67. The summed E-state index contributed by atoms with van der Waals surface area (Å²) in [6, 6.07) is 8.20. The van der Waals surface area contributed by atoms with E-state index in [1.807, 2.05) is 18.3 Å². The highest BCUT2D eigenvalue weighted by atomic mass is 16.5. The summed E-state index contributed by atoms with van der Waals surface area (Å²) in [5, 5.41) is 0. The molecule has 0 saturated heterocycles. The topological polar surface area (TPSA) is 21.6 Å². The van der Waals surface area contributed by atoms with E-state index >= 15 is 0 Å². The Hall–Kier alpha value is -1.31. The molecule has 21 heavy (non-hydrogen) atoms. The van der Waals surface area contributed by atoms with Gasteiger partial charge in [-0.05, 0) is 49.6 Å². The molecule has 2 heteroatoms. The fourth-order valence-electron chi connectivity index (χ4n) is 2.10. The van der Waals surface area contributed by atoms with Gasteiger partial charge in [0.15, 0.2) is 0 Å². The molecule has 1 atom stereocenters. The van der Waals surface area contributed by atoms with Crippen molar-refractivity contribution in [2.75, 3.05) is 6.54 Å². The lowest BCUT2D eigenvalue weighted by Crippen LogP contribution is -2.09. The highest BCUT2D eigenvalue weighted by Crippen LogP contribution is 2.14. The summed E-state index contributed by atoms with van der Waals surface area (Å²) in [5.74, 6) is 0.942. The van der Waals surface area contributed by atoms with Crippen molar-refractivity contribution in [2.24, 2.45) is 4.99 Å². The van der Waals surface area contributed by atoms with Crippen LogP contribution in [0.25, 0.3) is 0 Å². The van der Waals surface area contributed by atoms with E-state index in [9.17, 15) is 0 Å². The molecule has 0 aliphatic rings. The van der Waals surface area contributed by atoms with Crippen molar-refractivity contribution >= 4 is 6.21 Å². The molecular formula is C19H31NO. The second kappa shape index (κ2) is 11.4. The summed E-state index contributed by atoms with van der Waals surface area (Å²) in [4.78, 5) is 4.50. The number of nitrogens with zero attached hydrogens (tertiary/aromatic N) is 1. The van der Waals surface area contributed by atoms with Gasteiger partial charge in [0.2, 0.25) is 0 Å². The lowest BCUT2D eigenvalue weighted by Gasteiger charge is -2.12. The number of hydrogen-bond acceptors (Lipinski definition) is 2. The summed E-state index contributed by atoms with van der Waals surface area (Å²) in [5.41, 5.74) is 1.15. The van der Waals surface area contributed by atoms with Crippen molar-refractivity contribution in [1.82, 2.24) is 0 Å². The van der Waals surface area contributed by atoms with Crippen molar-refractivity contribution < 1.29 is 4.74 Å². The van der Waals surface area contributed by atoms with Gasteiger partial charge in [-0.15, -0.1) is 0 Å². The van der Waals surface area contributed by atoms with Crippen LogP contribution in [0.1, 0.15) is 71.3 Å². The second-order valence-electron chi connectivity index (χ2n) is 5.71. The summed E-state index contributed by atoms with van der Waals surface area (Å²) in [6.07, 6.45) is 11.2. The molecule has 0 aliphatic heterocycles. The number of aliphatic imine (C=N–C) groups is 1. The lowest BCUT2D eigenvalue weighted by molar-refractivity contribution is 0.217. The molecule has 1 unspecified atom stereocenters. The maximum absolute atomic E-state index is 5.76. The highest BCUT2D eigenvalue weighted by molar-refractivity contribution is 5.79. The van der Waals surface area contributed by atoms with Crippen molar-refractivity contribution in [3.05, 3.63) is 29.8 Å². The second-order valence-corrected chi connectivity index (χ2v) is 5.71. The first-order chi connectivity index (χ1) is 10.3. The van der Waals surface area contributed by atoms with E-state index in [1.165, 1.54) is 38.5 Å². The minimum Gasteiger partial charge on any atom is -0.491 e. The van der Waals surface area contributed by atoms with Crippen molar-refractivity contribution in [3.8, 4) is 5.75 Å². The number of hydrogen-bond donors (Lipinski definition) is 0. The van der Waals surface area contributed by atoms with Crippen molar-refractivity contribution in [1.29, 1.82) is 0 Å². The monoisotopic (exact) mass is 289 g/mol. The van der Waals surface area contributed by atoms with Crippen LogP contribution in [0.2, 0.25) is 0 Å². The van der Waals surface area contributed by atoms with E-state index < -0.39 is 0 Å².